The highest BCUT2D eigenvalue weighted by molar-refractivity contribution is 5.84. The highest BCUT2D eigenvalue weighted by atomic mass is 16.5. The summed E-state index contributed by atoms with van der Waals surface area (Å²) in [7, 11) is 2.88. The first-order valence-electron chi connectivity index (χ1n) is 9.80. The molecule has 4 N–H and O–H groups in total. The molecule has 0 aliphatic heterocycles. The third-order valence-corrected chi connectivity index (χ3v) is 4.27. The Kier molecular flexibility index (Phi) is 9.51. The Hall–Kier alpha value is -4.08. The van der Waals surface area contributed by atoms with Gasteiger partial charge in [-0.1, -0.05) is 0 Å². The molecule has 10 nitrogen and oxygen atoms in total. The quantitative estimate of drug-likeness (QED) is 0.239. The van der Waals surface area contributed by atoms with Gasteiger partial charge in [-0.15, -0.1) is 0 Å². The van der Waals surface area contributed by atoms with Gasteiger partial charge < -0.3 is 19.7 Å². The van der Waals surface area contributed by atoms with Crippen molar-refractivity contribution < 1.29 is 29.3 Å². The number of hydrogen-bond donors (Lipinski definition) is 4. The minimum absolute atomic E-state index is 0.0176. The standard InChI is InChI=1S/C22H26N4O6/c1-31-19-11-15(7-9-17(19)27)13-23-25-21(29)5-3-4-6-22(30)26-24-14-16-8-10-18(28)20(12-16)32-2/h7-14,27-28H,3-6H2,1-2H3,(H,25,29)(H,26,30). The number of benzene rings is 2. The van der Waals surface area contributed by atoms with Gasteiger partial charge in [0.15, 0.2) is 23.0 Å². The molecular weight excluding hydrogens is 416 g/mol. The zero-order valence-electron chi connectivity index (χ0n) is 17.9. The van der Waals surface area contributed by atoms with Crippen LogP contribution in [-0.2, 0) is 9.59 Å². The highest BCUT2D eigenvalue weighted by Crippen LogP contribution is 2.26. The monoisotopic (exact) mass is 442 g/mol. The number of nitrogens with zero attached hydrogens (tertiary/aromatic N) is 2. The van der Waals surface area contributed by atoms with Gasteiger partial charge >= 0.3 is 0 Å². The van der Waals surface area contributed by atoms with E-state index in [1.54, 1.807) is 24.3 Å². The maximum absolute atomic E-state index is 11.8. The van der Waals surface area contributed by atoms with Gasteiger partial charge in [-0.2, -0.15) is 10.2 Å². The number of carbonyl (C=O) groups is 2. The molecule has 0 saturated heterocycles. The van der Waals surface area contributed by atoms with Crippen molar-refractivity contribution in [1.29, 1.82) is 0 Å². The van der Waals surface area contributed by atoms with Gasteiger partial charge in [-0.25, -0.2) is 10.9 Å². The van der Waals surface area contributed by atoms with E-state index < -0.39 is 0 Å². The van der Waals surface area contributed by atoms with Crippen LogP contribution in [0.2, 0.25) is 0 Å². The molecule has 0 aliphatic rings. The topological polar surface area (TPSA) is 142 Å². The number of ether oxygens (including phenoxy) is 2. The Morgan fingerprint density at radius 1 is 0.812 bits per heavy atom. The number of phenolic OH excluding ortho intramolecular Hbond substituents is 2. The van der Waals surface area contributed by atoms with Crippen LogP contribution in [0.15, 0.2) is 46.6 Å². The number of methoxy groups -OCH3 is 2. The molecule has 2 aromatic rings. The molecule has 2 aromatic carbocycles. The zero-order chi connectivity index (χ0) is 23.3. The van der Waals surface area contributed by atoms with Gasteiger partial charge in [-0.3, -0.25) is 9.59 Å². The van der Waals surface area contributed by atoms with Gasteiger partial charge in [0.25, 0.3) is 0 Å². The Bertz CT molecular complexity index is 911. The number of aromatic hydroxyl groups is 2. The Morgan fingerprint density at radius 2 is 1.22 bits per heavy atom. The Balaban J connectivity index is 1.64. The molecular formula is C22H26N4O6. The van der Waals surface area contributed by atoms with Crippen molar-refractivity contribution >= 4 is 24.2 Å². The van der Waals surface area contributed by atoms with Crippen LogP contribution in [0, 0.1) is 0 Å². The van der Waals surface area contributed by atoms with E-state index in [1.807, 2.05) is 0 Å². The SMILES string of the molecule is COc1cc(C=NNC(=O)CCCCC(=O)NN=Cc2ccc(O)c(OC)c2)ccc1O. The largest absolute Gasteiger partial charge is 0.504 e. The second kappa shape index (κ2) is 12.6. The summed E-state index contributed by atoms with van der Waals surface area (Å²) in [5.74, 6) is 0.114. The van der Waals surface area contributed by atoms with E-state index in [1.165, 1.54) is 38.8 Å². The van der Waals surface area contributed by atoms with E-state index in [2.05, 4.69) is 21.1 Å². The number of carbonyl (C=O) groups excluding carboxylic acids is 2. The fourth-order valence-electron chi connectivity index (χ4n) is 2.59. The van der Waals surface area contributed by atoms with Gasteiger partial charge in [0, 0.05) is 12.8 Å². The van der Waals surface area contributed by atoms with Gasteiger partial charge in [0.1, 0.15) is 0 Å². The molecule has 32 heavy (non-hydrogen) atoms. The zero-order valence-corrected chi connectivity index (χ0v) is 17.9. The molecule has 2 rings (SSSR count). The summed E-state index contributed by atoms with van der Waals surface area (Å²) in [4.78, 5) is 23.6. The van der Waals surface area contributed by atoms with Crippen LogP contribution in [0.5, 0.6) is 23.0 Å². The number of hydrazone groups is 2. The number of hydrogen-bond acceptors (Lipinski definition) is 8. The molecule has 0 atom stereocenters. The summed E-state index contributed by atoms with van der Waals surface area (Å²) in [5, 5.41) is 26.8. The van der Waals surface area contributed by atoms with Crippen molar-refractivity contribution in [3.05, 3.63) is 47.5 Å². The molecule has 0 radical (unpaired) electrons. The maximum Gasteiger partial charge on any atom is 0.240 e. The van der Waals surface area contributed by atoms with Crippen LogP contribution in [-0.4, -0.2) is 48.7 Å². The average Bonchev–Trinajstić information content (AvgIpc) is 2.79. The third-order valence-electron chi connectivity index (χ3n) is 4.27. The smallest absolute Gasteiger partial charge is 0.240 e. The van der Waals surface area contributed by atoms with Crippen LogP contribution in [0.3, 0.4) is 0 Å². The minimum atomic E-state index is -0.272. The van der Waals surface area contributed by atoms with Gasteiger partial charge in [0.05, 0.1) is 26.6 Å². The summed E-state index contributed by atoms with van der Waals surface area (Å²) in [6, 6.07) is 9.38. The van der Waals surface area contributed by atoms with E-state index in [0.29, 0.717) is 35.5 Å². The lowest BCUT2D eigenvalue weighted by molar-refractivity contribution is -0.123. The first kappa shape index (κ1) is 24.2. The van der Waals surface area contributed by atoms with Gasteiger partial charge in [-0.05, 0) is 60.4 Å². The number of unbranched alkanes of at least 4 members (excludes halogenated alkanes) is 1. The fraction of sp³-hybridized carbons (Fsp3) is 0.273. The molecule has 0 spiro atoms. The first-order valence-corrected chi connectivity index (χ1v) is 9.80. The molecule has 0 heterocycles. The number of rotatable bonds is 11. The molecule has 0 aromatic heterocycles. The van der Waals surface area contributed by atoms with Crippen LogP contribution in [0.1, 0.15) is 36.8 Å². The van der Waals surface area contributed by atoms with E-state index in [4.69, 9.17) is 9.47 Å². The first-order chi connectivity index (χ1) is 15.4. The van der Waals surface area contributed by atoms with Crippen LogP contribution in [0.25, 0.3) is 0 Å². The van der Waals surface area contributed by atoms with Crippen LogP contribution in [0.4, 0.5) is 0 Å². The van der Waals surface area contributed by atoms with E-state index in [0.717, 1.165) is 0 Å². The summed E-state index contributed by atoms with van der Waals surface area (Å²) in [5.41, 5.74) is 6.14. The van der Waals surface area contributed by atoms with Crippen molar-refractivity contribution in [2.45, 2.75) is 25.7 Å². The summed E-state index contributed by atoms with van der Waals surface area (Å²) < 4.78 is 10.0. The van der Waals surface area contributed by atoms with E-state index in [9.17, 15) is 19.8 Å². The highest BCUT2D eigenvalue weighted by Gasteiger charge is 2.05. The molecule has 0 saturated carbocycles. The maximum atomic E-state index is 11.8. The lowest BCUT2D eigenvalue weighted by Gasteiger charge is -2.04. The second-order valence-electron chi connectivity index (χ2n) is 6.66. The molecule has 0 aliphatic carbocycles. The van der Waals surface area contributed by atoms with Crippen molar-refractivity contribution in [2.24, 2.45) is 10.2 Å². The Labute approximate surface area is 185 Å². The third kappa shape index (κ3) is 7.98. The average molecular weight is 442 g/mol. The molecule has 170 valence electrons. The number of phenols is 2. The summed E-state index contributed by atoms with van der Waals surface area (Å²) in [6.45, 7) is 0. The molecule has 2 amide bonds. The lowest BCUT2D eigenvalue weighted by atomic mass is 10.2. The Morgan fingerprint density at radius 3 is 1.59 bits per heavy atom. The van der Waals surface area contributed by atoms with Crippen molar-refractivity contribution in [3.8, 4) is 23.0 Å². The molecule has 0 fully saturated rings. The minimum Gasteiger partial charge on any atom is -0.504 e. The summed E-state index contributed by atoms with van der Waals surface area (Å²) in [6.07, 6.45) is 4.35. The van der Waals surface area contributed by atoms with Crippen LogP contribution >= 0.6 is 0 Å². The molecule has 10 heteroatoms. The predicted octanol–water partition coefficient (Wildman–Crippen LogP) is 2.28. The summed E-state index contributed by atoms with van der Waals surface area (Å²) >= 11 is 0. The number of nitrogens with one attached hydrogen (secondary N) is 2. The van der Waals surface area contributed by atoms with Crippen molar-refractivity contribution in [1.82, 2.24) is 10.9 Å². The molecule has 0 bridgehead atoms. The van der Waals surface area contributed by atoms with Gasteiger partial charge in [0.2, 0.25) is 11.8 Å². The van der Waals surface area contributed by atoms with E-state index >= 15 is 0 Å². The van der Waals surface area contributed by atoms with E-state index in [-0.39, 0.29) is 36.2 Å². The number of amides is 2. The fourth-order valence-corrected chi connectivity index (χ4v) is 2.59. The normalized spacial score (nSPS) is 10.9. The van der Waals surface area contributed by atoms with Crippen LogP contribution < -0.4 is 20.3 Å². The molecule has 0 unspecified atom stereocenters. The second-order valence-corrected chi connectivity index (χ2v) is 6.66. The lowest BCUT2D eigenvalue weighted by Crippen LogP contribution is -2.19. The van der Waals surface area contributed by atoms with Crippen molar-refractivity contribution in [3.63, 3.8) is 0 Å². The predicted molar refractivity (Wildman–Crippen MR) is 119 cm³/mol. The van der Waals surface area contributed by atoms with Crippen molar-refractivity contribution in [2.75, 3.05) is 14.2 Å².